The van der Waals surface area contributed by atoms with Crippen molar-refractivity contribution in [2.24, 2.45) is 5.92 Å². The Morgan fingerprint density at radius 1 is 1.06 bits per heavy atom. The highest BCUT2D eigenvalue weighted by Crippen LogP contribution is 2.25. The molecule has 0 radical (unpaired) electrons. The average molecular weight is 275 g/mol. The molecule has 1 atom stereocenters. The lowest BCUT2D eigenvalue weighted by Crippen LogP contribution is -2.37. The predicted octanol–water partition coefficient (Wildman–Crippen LogP) is 2.76. The van der Waals surface area contributed by atoms with E-state index < -0.39 is 9.84 Å². The van der Waals surface area contributed by atoms with Gasteiger partial charge in [-0.1, -0.05) is 25.7 Å². The van der Waals surface area contributed by atoms with Gasteiger partial charge in [-0.2, -0.15) is 0 Å². The smallest absolute Gasteiger partial charge is 0.153 e. The van der Waals surface area contributed by atoms with Gasteiger partial charge in [0.1, 0.15) is 0 Å². The van der Waals surface area contributed by atoms with Gasteiger partial charge in [0.25, 0.3) is 0 Å². The van der Waals surface area contributed by atoms with Crippen LogP contribution in [-0.2, 0) is 9.84 Å². The van der Waals surface area contributed by atoms with Crippen molar-refractivity contribution in [3.63, 3.8) is 0 Å². The monoisotopic (exact) mass is 275 g/mol. The first-order chi connectivity index (χ1) is 8.43. The van der Waals surface area contributed by atoms with Gasteiger partial charge in [0.15, 0.2) is 9.84 Å². The van der Waals surface area contributed by atoms with Crippen LogP contribution < -0.4 is 5.32 Å². The van der Waals surface area contributed by atoms with E-state index in [1.165, 1.54) is 38.5 Å². The van der Waals surface area contributed by atoms with Crippen LogP contribution in [0.15, 0.2) is 0 Å². The summed E-state index contributed by atoms with van der Waals surface area (Å²) in [6.07, 6.45) is 7.99. The highest BCUT2D eigenvalue weighted by atomic mass is 32.2. The zero-order valence-corrected chi connectivity index (χ0v) is 12.9. The van der Waals surface area contributed by atoms with Gasteiger partial charge in [-0.3, -0.25) is 0 Å². The van der Waals surface area contributed by atoms with E-state index in [0.717, 1.165) is 5.92 Å². The summed E-state index contributed by atoms with van der Waals surface area (Å²) in [7, 11) is -2.89. The summed E-state index contributed by atoms with van der Waals surface area (Å²) < 4.78 is 23.4. The molecule has 108 valence electrons. The van der Waals surface area contributed by atoms with Crippen LogP contribution in [0.25, 0.3) is 0 Å². The fourth-order valence-electron chi connectivity index (χ4n) is 2.64. The van der Waals surface area contributed by atoms with Gasteiger partial charge >= 0.3 is 0 Å². The lowest BCUT2D eigenvalue weighted by molar-refractivity contribution is 0.343. The minimum atomic E-state index is -2.89. The molecule has 0 spiro atoms. The fourth-order valence-corrected chi connectivity index (χ4v) is 3.52. The van der Waals surface area contributed by atoms with Crippen LogP contribution in [0, 0.1) is 5.92 Å². The summed E-state index contributed by atoms with van der Waals surface area (Å²) in [4.78, 5) is 0. The lowest BCUT2D eigenvalue weighted by Gasteiger charge is -2.23. The molecule has 0 aromatic carbocycles. The molecule has 1 aliphatic carbocycles. The van der Waals surface area contributed by atoms with E-state index in [1.54, 1.807) is 13.8 Å². The van der Waals surface area contributed by atoms with Crippen LogP contribution in [0.2, 0.25) is 0 Å². The summed E-state index contributed by atoms with van der Waals surface area (Å²) >= 11 is 0. The molecule has 1 N–H and O–H groups in total. The first-order valence-electron chi connectivity index (χ1n) is 7.38. The summed E-state index contributed by atoms with van der Waals surface area (Å²) in [6.45, 7) is 6.31. The van der Waals surface area contributed by atoms with E-state index in [0.29, 0.717) is 12.6 Å². The van der Waals surface area contributed by atoms with Crippen LogP contribution in [0.5, 0.6) is 0 Å². The lowest BCUT2D eigenvalue weighted by atomic mass is 9.93. The van der Waals surface area contributed by atoms with Crippen molar-refractivity contribution in [1.29, 1.82) is 0 Å². The molecule has 0 amide bonds. The number of sulfone groups is 1. The summed E-state index contributed by atoms with van der Waals surface area (Å²) in [5, 5.41) is 3.15. The minimum absolute atomic E-state index is 0.257. The number of nitrogens with one attached hydrogen (secondary N) is 1. The molecule has 0 saturated heterocycles. The Kier molecular flexibility index (Phi) is 6.64. The summed E-state index contributed by atoms with van der Waals surface area (Å²) in [5.74, 6) is 0.996. The Labute approximate surface area is 113 Å². The third-order valence-electron chi connectivity index (χ3n) is 4.18. The predicted molar refractivity (Wildman–Crippen MR) is 77.6 cm³/mol. The van der Waals surface area contributed by atoms with E-state index in [4.69, 9.17) is 0 Å². The van der Waals surface area contributed by atoms with Gasteiger partial charge < -0.3 is 5.32 Å². The van der Waals surface area contributed by atoms with Crippen LogP contribution in [0.3, 0.4) is 0 Å². The maximum Gasteiger partial charge on any atom is 0.153 e. The van der Waals surface area contributed by atoms with E-state index >= 15 is 0 Å². The Bertz CT molecular complexity index is 317. The highest BCUT2D eigenvalue weighted by molar-refractivity contribution is 7.92. The zero-order chi connectivity index (χ0) is 13.6. The molecule has 1 rings (SSSR count). The van der Waals surface area contributed by atoms with Gasteiger partial charge in [-0.15, -0.1) is 0 Å². The van der Waals surface area contributed by atoms with Gasteiger partial charge in [0, 0.05) is 12.6 Å². The molecule has 0 aromatic heterocycles. The fraction of sp³-hybridized carbons (Fsp3) is 1.00. The Morgan fingerprint density at radius 3 is 2.11 bits per heavy atom. The first-order valence-corrected chi connectivity index (χ1v) is 9.10. The molecule has 0 unspecified atom stereocenters. The Hall–Kier alpha value is -0.0900. The molecule has 1 saturated carbocycles. The summed E-state index contributed by atoms with van der Waals surface area (Å²) in [6, 6.07) is 0.450. The molecule has 0 aliphatic heterocycles. The van der Waals surface area contributed by atoms with Gasteiger partial charge in [0.2, 0.25) is 0 Å². The zero-order valence-electron chi connectivity index (χ0n) is 12.1. The third-order valence-corrected chi connectivity index (χ3v) is 6.39. The quantitative estimate of drug-likeness (QED) is 0.758. The molecule has 3 nitrogen and oxygen atoms in total. The van der Waals surface area contributed by atoms with Crippen molar-refractivity contribution in [3.8, 4) is 0 Å². The molecule has 1 aliphatic rings. The van der Waals surface area contributed by atoms with Crippen molar-refractivity contribution in [2.45, 2.75) is 70.6 Å². The number of rotatable bonds is 6. The van der Waals surface area contributed by atoms with Gasteiger partial charge in [0.05, 0.1) is 11.0 Å². The van der Waals surface area contributed by atoms with Gasteiger partial charge in [-0.25, -0.2) is 8.42 Å². The second-order valence-corrected chi connectivity index (χ2v) is 8.59. The maximum absolute atomic E-state index is 11.7. The Morgan fingerprint density at radius 2 is 1.61 bits per heavy atom. The van der Waals surface area contributed by atoms with Gasteiger partial charge in [-0.05, 0) is 39.5 Å². The van der Waals surface area contributed by atoms with Crippen molar-refractivity contribution in [3.05, 3.63) is 0 Å². The van der Waals surface area contributed by atoms with Crippen LogP contribution in [0.4, 0.5) is 0 Å². The maximum atomic E-state index is 11.7. The van der Waals surface area contributed by atoms with E-state index in [2.05, 4.69) is 12.2 Å². The molecular formula is C14H29NO2S. The minimum Gasteiger partial charge on any atom is -0.313 e. The summed E-state index contributed by atoms with van der Waals surface area (Å²) in [5.41, 5.74) is 0. The molecule has 0 heterocycles. The molecule has 0 aromatic rings. The standard InChI is InChI=1S/C14H29NO2S/c1-12(2)18(16,17)11-10-15-13(3)14-8-6-4-5-7-9-14/h12-15H,4-11H2,1-3H3/t13-/m1/s1. The average Bonchev–Trinajstić information content (AvgIpc) is 2.56. The van der Waals surface area contributed by atoms with Crippen molar-refractivity contribution < 1.29 is 8.42 Å². The van der Waals surface area contributed by atoms with Crippen molar-refractivity contribution in [2.75, 3.05) is 12.3 Å². The Balaban J connectivity index is 2.30. The van der Waals surface area contributed by atoms with Crippen molar-refractivity contribution >= 4 is 9.84 Å². The van der Waals surface area contributed by atoms with E-state index in [-0.39, 0.29) is 11.0 Å². The molecule has 1 fully saturated rings. The largest absolute Gasteiger partial charge is 0.313 e. The van der Waals surface area contributed by atoms with Crippen LogP contribution >= 0.6 is 0 Å². The number of hydrogen-bond donors (Lipinski definition) is 1. The molecule has 4 heteroatoms. The van der Waals surface area contributed by atoms with Crippen LogP contribution in [-0.4, -0.2) is 32.0 Å². The van der Waals surface area contributed by atoms with Crippen LogP contribution in [0.1, 0.15) is 59.3 Å². The number of hydrogen-bond acceptors (Lipinski definition) is 3. The normalized spacial score (nSPS) is 20.9. The SMILES string of the molecule is CC(C)S(=O)(=O)CCN[C@H](C)C1CCCCCC1. The molecule has 18 heavy (non-hydrogen) atoms. The second kappa shape index (κ2) is 7.49. The highest BCUT2D eigenvalue weighted by Gasteiger charge is 2.20. The second-order valence-electron chi connectivity index (χ2n) is 5.91. The van der Waals surface area contributed by atoms with E-state index in [9.17, 15) is 8.42 Å². The topological polar surface area (TPSA) is 46.2 Å². The molecular weight excluding hydrogens is 246 g/mol. The van der Waals surface area contributed by atoms with E-state index in [1.807, 2.05) is 0 Å². The third kappa shape index (κ3) is 5.27. The van der Waals surface area contributed by atoms with Crippen molar-refractivity contribution in [1.82, 2.24) is 5.32 Å². The first kappa shape index (κ1) is 16.0. The molecule has 0 bridgehead atoms.